The van der Waals surface area contributed by atoms with E-state index in [0.29, 0.717) is 17.9 Å². The molecule has 3 N–H and O–H groups in total. The third-order valence-corrected chi connectivity index (χ3v) is 4.04. The van der Waals surface area contributed by atoms with Crippen molar-refractivity contribution in [1.82, 2.24) is 9.97 Å². The van der Waals surface area contributed by atoms with E-state index in [1.165, 1.54) is 6.33 Å². The lowest BCUT2D eigenvalue weighted by Crippen LogP contribution is -2.36. The number of rotatable bonds is 6. The van der Waals surface area contributed by atoms with Crippen LogP contribution in [-0.4, -0.2) is 23.0 Å². The molecular weight excluding hydrogens is 342 g/mol. The fourth-order valence-electron chi connectivity index (χ4n) is 2.60. The fourth-order valence-corrected chi connectivity index (χ4v) is 2.60. The number of hydrazine groups is 1. The highest BCUT2D eigenvalue weighted by Gasteiger charge is 2.10. The Morgan fingerprint density at radius 3 is 2.59 bits per heavy atom. The number of ether oxygens (including phenoxy) is 1. The highest BCUT2D eigenvalue weighted by Crippen LogP contribution is 2.29. The molecule has 0 bridgehead atoms. The predicted octanol–water partition coefficient (Wildman–Crippen LogP) is 3.51. The Morgan fingerprint density at radius 2 is 1.89 bits per heavy atom. The zero-order valence-corrected chi connectivity index (χ0v) is 15.2. The largest absolute Gasteiger partial charge is 0.496 e. The van der Waals surface area contributed by atoms with Crippen molar-refractivity contribution in [3.05, 3.63) is 60.9 Å². The van der Waals surface area contributed by atoms with E-state index in [-0.39, 0.29) is 5.91 Å². The van der Waals surface area contributed by atoms with Crippen molar-refractivity contribution >= 4 is 23.1 Å². The zero-order valence-electron chi connectivity index (χ0n) is 15.2. The number of benzene rings is 2. The molecule has 7 nitrogen and oxygen atoms in total. The highest BCUT2D eigenvalue weighted by molar-refractivity contribution is 5.92. The lowest BCUT2D eigenvalue weighted by atomic mass is 10.1. The van der Waals surface area contributed by atoms with E-state index in [1.807, 2.05) is 42.5 Å². The minimum Gasteiger partial charge on any atom is -0.496 e. The fraction of sp³-hybridized carbons (Fsp3) is 0.150. The van der Waals surface area contributed by atoms with Gasteiger partial charge in [0.25, 0.3) is 0 Å². The quantitative estimate of drug-likeness (QED) is 0.395. The Balaban J connectivity index is 1.80. The number of methoxy groups -OCH3 is 1. The smallest absolute Gasteiger partial charge is 0.240 e. The van der Waals surface area contributed by atoms with Crippen molar-refractivity contribution in [3.8, 4) is 17.0 Å². The van der Waals surface area contributed by atoms with Crippen LogP contribution in [0.25, 0.3) is 11.3 Å². The molecule has 3 aromatic rings. The van der Waals surface area contributed by atoms with Crippen LogP contribution in [0.15, 0.2) is 60.9 Å². The molecule has 0 spiro atoms. The van der Waals surface area contributed by atoms with Crippen molar-refractivity contribution in [3.63, 3.8) is 0 Å². The van der Waals surface area contributed by atoms with Gasteiger partial charge in [-0.25, -0.2) is 20.8 Å². The molecule has 0 radical (unpaired) electrons. The number of nitrogens with zero attached hydrogens (tertiary/aromatic N) is 3. The minimum absolute atomic E-state index is 0.145. The van der Waals surface area contributed by atoms with Gasteiger partial charge in [-0.1, -0.05) is 19.1 Å². The third kappa shape index (κ3) is 4.21. The molecule has 0 aliphatic heterocycles. The molecule has 0 fully saturated rings. The standard InChI is InChI=1S/C20H21N5O2/c1-3-20(26)25(21)15-10-8-14(9-11-15)24-19-12-17(22-13-23-19)16-6-4-5-7-18(16)27-2/h4-13H,3,21H2,1-2H3,(H,22,23,24). The molecule has 3 rings (SSSR count). The van der Waals surface area contributed by atoms with Crippen LogP contribution < -0.4 is 20.9 Å². The number of para-hydroxylation sites is 1. The number of hydrogen-bond donors (Lipinski definition) is 2. The second-order valence-electron chi connectivity index (χ2n) is 5.78. The van der Waals surface area contributed by atoms with Gasteiger partial charge >= 0.3 is 0 Å². The molecule has 7 heteroatoms. The van der Waals surface area contributed by atoms with Gasteiger partial charge in [-0.05, 0) is 36.4 Å². The van der Waals surface area contributed by atoms with Crippen LogP contribution >= 0.6 is 0 Å². The molecule has 1 heterocycles. The Kier molecular flexibility index (Phi) is 5.63. The second-order valence-corrected chi connectivity index (χ2v) is 5.78. The molecule has 0 saturated heterocycles. The maximum atomic E-state index is 11.7. The van der Waals surface area contributed by atoms with Crippen molar-refractivity contribution < 1.29 is 9.53 Å². The summed E-state index contributed by atoms with van der Waals surface area (Å²) in [6.45, 7) is 1.77. The number of anilines is 3. The van der Waals surface area contributed by atoms with Gasteiger partial charge in [0.05, 0.1) is 18.5 Å². The number of carbonyl (C=O) groups is 1. The summed E-state index contributed by atoms with van der Waals surface area (Å²) < 4.78 is 5.40. The molecular formula is C20H21N5O2. The molecule has 1 amide bonds. The summed E-state index contributed by atoms with van der Waals surface area (Å²) in [6, 6.07) is 16.8. The van der Waals surface area contributed by atoms with E-state index in [2.05, 4.69) is 15.3 Å². The molecule has 0 saturated carbocycles. The van der Waals surface area contributed by atoms with Gasteiger partial charge in [0.1, 0.15) is 17.9 Å². The van der Waals surface area contributed by atoms with Crippen LogP contribution in [0.1, 0.15) is 13.3 Å². The molecule has 0 aliphatic carbocycles. The summed E-state index contributed by atoms with van der Waals surface area (Å²) in [5.74, 6) is 7.04. The first-order valence-electron chi connectivity index (χ1n) is 8.52. The summed E-state index contributed by atoms with van der Waals surface area (Å²) in [6.07, 6.45) is 1.85. The molecule has 1 aromatic heterocycles. The lowest BCUT2D eigenvalue weighted by Gasteiger charge is -2.16. The van der Waals surface area contributed by atoms with Crippen molar-refractivity contribution in [1.29, 1.82) is 0 Å². The molecule has 0 aliphatic rings. The van der Waals surface area contributed by atoms with Crippen LogP contribution in [0.4, 0.5) is 17.2 Å². The van der Waals surface area contributed by atoms with E-state index < -0.39 is 0 Å². The van der Waals surface area contributed by atoms with Crippen LogP contribution in [-0.2, 0) is 4.79 Å². The average molecular weight is 363 g/mol. The maximum Gasteiger partial charge on any atom is 0.240 e. The number of hydrogen-bond acceptors (Lipinski definition) is 6. The first-order chi connectivity index (χ1) is 13.1. The van der Waals surface area contributed by atoms with Crippen LogP contribution in [0, 0.1) is 0 Å². The van der Waals surface area contributed by atoms with E-state index in [1.54, 1.807) is 26.2 Å². The summed E-state index contributed by atoms with van der Waals surface area (Å²) in [4.78, 5) is 20.3. The maximum absolute atomic E-state index is 11.7. The third-order valence-electron chi connectivity index (χ3n) is 4.04. The predicted molar refractivity (Wildman–Crippen MR) is 106 cm³/mol. The van der Waals surface area contributed by atoms with Gasteiger partial charge in [0.15, 0.2) is 0 Å². The second kappa shape index (κ2) is 8.29. The van der Waals surface area contributed by atoms with Crippen molar-refractivity contribution in [2.24, 2.45) is 5.84 Å². The Labute approximate surface area is 157 Å². The average Bonchev–Trinajstić information content (AvgIpc) is 2.73. The topological polar surface area (TPSA) is 93.4 Å². The number of nitrogens with one attached hydrogen (secondary N) is 1. The highest BCUT2D eigenvalue weighted by atomic mass is 16.5. The van der Waals surface area contributed by atoms with Crippen LogP contribution in [0.2, 0.25) is 0 Å². The molecule has 27 heavy (non-hydrogen) atoms. The SMILES string of the molecule is CCC(=O)N(N)c1ccc(Nc2cc(-c3ccccc3OC)ncn2)cc1. The number of amides is 1. The van der Waals surface area contributed by atoms with Gasteiger partial charge in [0, 0.05) is 23.7 Å². The molecule has 2 aromatic carbocycles. The van der Waals surface area contributed by atoms with Crippen molar-refractivity contribution in [2.45, 2.75) is 13.3 Å². The lowest BCUT2D eigenvalue weighted by molar-refractivity contribution is -0.118. The number of aromatic nitrogens is 2. The van der Waals surface area contributed by atoms with E-state index in [9.17, 15) is 4.79 Å². The minimum atomic E-state index is -0.145. The van der Waals surface area contributed by atoms with Gasteiger partial charge in [-0.15, -0.1) is 0 Å². The first kappa shape index (κ1) is 18.3. The molecule has 0 unspecified atom stereocenters. The summed E-state index contributed by atoms with van der Waals surface area (Å²) in [5.41, 5.74) is 3.09. The number of nitrogens with two attached hydrogens (primary N) is 1. The van der Waals surface area contributed by atoms with Gasteiger partial charge in [-0.2, -0.15) is 0 Å². The van der Waals surface area contributed by atoms with E-state index >= 15 is 0 Å². The van der Waals surface area contributed by atoms with Gasteiger partial charge in [0.2, 0.25) is 5.91 Å². The van der Waals surface area contributed by atoms with Crippen molar-refractivity contribution in [2.75, 3.05) is 17.4 Å². The van der Waals surface area contributed by atoms with E-state index in [4.69, 9.17) is 10.6 Å². The monoisotopic (exact) mass is 363 g/mol. The Bertz CT molecular complexity index is 928. The Morgan fingerprint density at radius 1 is 1.15 bits per heavy atom. The number of carbonyl (C=O) groups excluding carboxylic acids is 1. The summed E-state index contributed by atoms with van der Waals surface area (Å²) >= 11 is 0. The molecule has 138 valence electrons. The normalized spacial score (nSPS) is 10.3. The zero-order chi connectivity index (χ0) is 19.2. The van der Waals surface area contributed by atoms with Crippen LogP contribution in [0.3, 0.4) is 0 Å². The Hall–Kier alpha value is -3.45. The summed E-state index contributed by atoms with van der Waals surface area (Å²) in [7, 11) is 1.63. The van der Waals surface area contributed by atoms with Gasteiger partial charge < -0.3 is 10.1 Å². The van der Waals surface area contributed by atoms with Gasteiger partial charge in [-0.3, -0.25) is 4.79 Å². The summed E-state index contributed by atoms with van der Waals surface area (Å²) in [5, 5.41) is 4.37. The van der Waals surface area contributed by atoms with E-state index in [0.717, 1.165) is 27.7 Å². The first-order valence-corrected chi connectivity index (χ1v) is 8.52. The van der Waals surface area contributed by atoms with Crippen LogP contribution in [0.5, 0.6) is 5.75 Å². The molecule has 0 atom stereocenters.